The van der Waals surface area contributed by atoms with Crippen molar-refractivity contribution >= 4 is 6.09 Å². The third-order valence-electron chi connectivity index (χ3n) is 3.11. The normalized spacial score (nSPS) is 13.6. The highest BCUT2D eigenvalue weighted by molar-refractivity contribution is 5.68. The average molecular weight is 347 g/mol. The van der Waals surface area contributed by atoms with Gasteiger partial charge in [0.2, 0.25) is 0 Å². The third-order valence-corrected chi connectivity index (χ3v) is 3.11. The van der Waals surface area contributed by atoms with Gasteiger partial charge >= 0.3 is 6.09 Å². The van der Waals surface area contributed by atoms with Gasteiger partial charge in [-0.25, -0.2) is 4.79 Å². The fraction of sp³-hybridized carbons (Fsp3) is 0.571. The maximum absolute atomic E-state index is 12.0. The predicted octanol–water partition coefficient (Wildman–Crippen LogP) is 5.27. The quantitative estimate of drug-likeness (QED) is 0.714. The molecule has 0 unspecified atom stereocenters. The zero-order valence-corrected chi connectivity index (χ0v) is 16.7. The maximum Gasteiger partial charge on any atom is 0.408 e. The van der Waals surface area contributed by atoms with Crippen molar-refractivity contribution < 1.29 is 14.3 Å². The number of allylic oxidation sites excluding steroid dienone is 1. The summed E-state index contributed by atoms with van der Waals surface area (Å²) in [6.07, 6.45) is 5.30. The van der Waals surface area contributed by atoms with Crippen LogP contribution in [0, 0.1) is 0 Å². The third kappa shape index (κ3) is 9.80. The Hall–Kier alpha value is -1.97. The van der Waals surface area contributed by atoms with E-state index in [0.29, 0.717) is 6.42 Å². The van der Waals surface area contributed by atoms with Gasteiger partial charge < -0.3 is 14.8 Å². The van der Waals surface area contributed by atoms with E-state index < -0.39 is 11.7 Å². The second kappa shape index (κ2) is 8.93. The Labute approximate surface area is 152 Å². The van der Waals surface area contributed by atoms with Gasteiger partial charge in [0.05, 0.1) is 6.04 Å². The van der Waals surface area contributed by atoms with Crippen LogP contribution in [0.15, 0.2) is 36.4 Å². The van der Waals surface area contributed by atoms with Crippen LogP contribution in [0.3, 0.4) is 0 Å². The van der Waals surface area contributed by atoms with Crippen LogP contribution in [0.4, 0.5) is 4.79 Å². The van der Waals surface area contributed by atoms with Crippen molar-refractivity contribution in [3.63, 3.8) is 0 Å². The lowest BCUT2D eigenvalue weighted by atomic mass is 10.0. The van der Waals surface area contributed by atoms with Crippen LogP contribution in [-0.2, 0) is 11.2 Å². The molecule has 0 saturated heterocycles. The molecule has 4 heteroatoms. The Morgan fingerprint density at radius 3 is 2.16 bits per heavy atom. The lowest BCUT2D eigenvalue weighted by Gasteiger charge is -2.23. The van der Waals surface area contributed by atoms with Crippen LogP contribution in [0.5, 0.6) is 5.75 Å². The molecule has 1 aromatic rings. The molecule has 0 aliphatic carbocycles. The van der Waals surface area contributed by atoms with Gasteiger partial charge in [-0.3, -0.25) is 0 Å². The SMILES string of the molecule is CC/C=C\[C@H](Cc1ccc(OC(C)(C)C)cc1)NC(=O)OC(C)(C)C. The summed E-state index contributed by atoms with van der Waals surface area (Å²) >= 11 is 0. The lowest BCUT2D eigenvalue weighted by Crippen LogP contribution is -2.39. The highest BCUT2D eigenvalue weighted by atomic mass is 16.6. The van der Waals surface area contributed by atoms with E-state index in [9.17, 15) is 4.79 Å². The van der Waals surface area contributed by atoms with Crippen LogP contribution in [-0.4, -0.2) is 23.3 Å². The van der Waals surface area contributed by atoms with Gasteiger partial charge in [-0.1, -0.05) is 31.2 Å². The summed E-state index contributed by atoms with van der Waals surface area (Å²) in [6.45, 7) is 13.7. The molecule has 1 atom stereocenters. The van der Waals surface area contributed by atoms with Gasteiger partial charge in [0.1, 0.15) is 17.0 Å². The molecule has 0 spiro atoms. The van der Waals surface area contributed by atoms with Crippen molar-refractivity contribution in [2.24, 2.45) is 0 Å². The number of rotatable bonds is 6. The Kier molecular flexibility index (Phi) is 7.53. The number of nitrogens with one attached hydrogen (secondary N) is 1. The van der Waals surface area contributed by atoms with Crippen molar-refractivity contribution in [1.82, 2.24) is 5.32 Å². The minimum absolute atomic E-state index is 0.107. The number of benzene rings is 1. The summed E-state index contributed by atoms with van der Waals surface area (Å²) in [4.78, 5) is 12.0. The summed E-state index contributed by atoms with van der Waals surface area (Å²) in [5.41, 5.74) is 0.407. The molecule has 1 N–H and O–H groups in total. The second-order valence-electron chi connectivity index (χ2n) is 8.15. The lowest BCUT2D eigenvalue weighted by molar-refractivity contribution is 0.0514. The number of ether oxygens (including phenoxy) is 2. The first-order chi connectivity index (χ1) is 11.5. The largest absolute Gasteiger partial charge is 0.488 e. The van der Waals surface area contributed by atoms with Crippen molar-refractivity contribution in [2.45, 2.75) is 78.6 Å². The zero-order valence-electron chi connectivity index (χ0n) is 16.7. The smallest absolute Gasteiger partial charge is 0.408 e. The molecule has 1 rings (SSSR count). The highest BCUT2D eigenvalue weighted by Crippen LogP contribution is 2.19. The maximum atomic E-state index is 12.0. The molecule has 0 aliphatic rings. The van der Waals surface area contributed by atoms with Gasteiger partial charge in [0.25, 0.3) is 0 Å². The molecule has 1 aromatic carbocycles. The molecular weight excluding hydrogens is 314 g/mol. The second-order valence-corrected chi connectivity index (χ2v) is 8.15. The molecule has 140 valence electrons. The summed E-state index contributed by atoms with van der Waals surface area (Å²) in [6, 6.07) is 7.89. The van der Waals surface area contributed by atoms with Gasteiger partial charge in [-0.05, 0) is 72.1 Å². The zero-order chi connectivity index (χ0) is 19.1. The van der Waals surface area contributed by atoms with E-state index in [-0.39, 0.29) is 11.6 Å². The molecule has 4 nitrogen and oxygen atoms in total. The minimum atomic E-state index is -0.505. The molecule has 0 heterocycles. The summed E-state index contributed by atoms with van der Waals surface area (Å²) in [7, 11) is 0. The highest BCUT2D eigenvalue weighted by Gasteiger charge is 2.18. The van der Waals surface area contributed by atoms with Crippen LogP contribution in [0.25, 0.3) is 0 Å². The van der Waals surface area contributed by atoms with Gasteiger partial charge in [-0.2, -0.15) is 0 Å². The molecule has 0 aliphatic heterocycles. The summed E-state index contributed by atoms with van der Waals surface area (Å²) in [5.74, 6) is 0.844. The van der Waals surface area contributed by atoms with E-state index in [4.69, 9.17) is 9.47 Å². The number of carbonyl (C=O) groups excluding carboxylic acids is 1. The van der Waals surface area contributed by atoms with E-state index >= 15 is 0 Å². The number of alkyl carbamates (subject to hydrolysis) is 1. The first kappa shape index (κ1) is 21.1. The first-order valence-electron chi connectivity index (χ1n) is 8.92. The van der Waals surface area contributed by atoms with Crippen molar-refractivity contribution in [2.75, 3.05) is 0 Å². The average Bonchev–Trinajstić information content (AvgIpc) is 2.43. The van der Waals surface area contributed by atoms with Crippen LogP contribution in [0.2, 0.25) is 0 Å². The fourth-order valence-corrected chi connectivity index (χ4v) is 2.23. The van der Waals surface area contributed by atoms with Crippen LogP contribution in [0.1, 0.15) is 60.5 Å². The van der Waals surface area contributed by atoms with E-state index in [1.54, 1.807) is 0 Å². The standard InChI is InChI=1S/C21H33NO3/c1-8-9-10-17(22-19(23)25-21(5,6)7)15-16-11-13-18(14-12-16)24-20(2,3)4/h9-14,17H,8,15H2,1-7H3,(H,22,23)/b10-9-/t17-/m1/s1. The number of hydrogen-bond donors (Lipinski definition) is 1. The Balaban J connectivity index is 2.74. The van der Waals surface area contributed by atoms with Gasteiger partial charge in [0.15, 0.2) is 0 Å². The first-order valence-corrected chi connectivity index (χ1v) is 8.92. The van der Waals surface area contributed by atoms with Crippen molar-refractivity contribution in [3.05, 3.63) is 42.0 Å². The van der Waals surface area contributed by atoms with Crippen LogP contribution < -0.4 is 10.1 Å². The molecule has 0 radical (unpaired) electrons. The Morgan fingerprint density at radius 2 is 1.68 bits per heavy atom. The molecule has 0 bridgehead atoms. The monoisotopic (exact) mass is 347 g/mol. The van der Waals surface area contributed by atoms with Crippen LogP contribution >= 0.6 is 0 Å². The fourth-order valence-electron chi connectivity index (χ4n) is 2.23. The number of carbonyl (C=O) groups is 1. The summed E-state index contributed by atoms with van der Waals surface area (Å²) in [5, 5.41) is 2.93. The van der Waals surface area contributed by atoms with E-state index in [1.807, 2.05) is 71.9 Å². The van der Waals surface area contributed by atoms with E-state index in [1.165, 1.54) is 0 Å². The topological polar surface area (TPSA) is 47.6 Å². The predicted molar refractivity (Wildman–Crippen MR) is 103 cm³/mol. The molecule has 0 fully saturated rings. The Bertz CT molecular complexity index is 562. The molecule has 0 aromatic heterocycles. The van der Waals surface area contributed by atoms with Gasteiger partial charge in [0, 0.05) is 0 Å². The van der Waals surface area contributed by atoms with Gasteiger partial charge in [-0.15, -0.1) is 0 Å². The number of amides is 1. The van der Waals surface area contributed by atoms with Crippen molar-refractivity contribution in [3.8, 4) is 5.75 Å². The molecule has 0 saturated carbocycles. The molecular formula is C21H33NO3. The summed E-state index contributed by atoms with van der Waals surface area (Å²) < 4.78 is 11.2. The molecule has 1 amide bonds. The van der Waals surface area contributed by atoms with E-state index in [2.05, 4.69) is 18.3 Å². The molecule has 25 heavy (non-hydrogen) atoms. The van der Waals surface area contributed by atoms with Crippen molar-refractivity contribution in [1.29, 1.82) is 0 Å². The Morgan fingerprint density at radius 1 is 1.08 bits per heavy atom. The van der Waals surface area contributed by atoms with E-state index in [0.717, 1.165) is 17.7 Å². The number of hydrogen-bond acceptors (Lipinski definition) is 3. The minimum Gasteiger partial charge on any atom is -0.488 e.